The summed E-state index contributed by atoms with van der Waals surface area (Å²) >= 11 is 0. The number of ether oxygens (including phenoxy) is 3. The minimum atomic E-state index is -0.353. The zero-order valence-electron chi connectivity index (χ0n) is 18.8. The molecule has 0 spiro atoms. The number of hydrogen-bond acceptors (Lipinski definition) is 6. The van der Waals surface area contributed by atoms with Crippen molar-refractivity contribution in [2.75, 3.05) is 38.8 Å². The first-order valence-corrected chi connectivity index (χ1v) is 10.9. The van der Waals surface area contributed by atoms with Gasteiger partial charge in [0.05, 0.1) is 18.8 Å². The number of carbonyl (C=O) groups excluding carboxylic acids is 2. The van der Waals surface area contributed by atoms with Crippen molar-refractivity contribution in [1.29, 1.82) is 0 Å². The first kappa shape index (κ1) is 23.3. The number of methoxy groups -OCH3 is 1. The van der Waals surface area contributed by atoms with E-state index in [9.17, 15) is 9.59 Å². The number of amides is 2. The molecule has 1 aliphatic rings. The lowest BCUT2D eigenvalue weighted by Gasteiger charge is -2.15. The van der Waals surface area contributed by atoms with Gasteiger partial charge in [0.2, 0.25) is 0 Å². The fraction of sp³-hybridized carbons (Fsp3) is 0.360. The van der Waals surface area contributed by atoms with Crippen LogP contribution in [-0.4, -0.2) is 50.2 Å². The van der Waals surface area contributed by atoms with E-state index in [0.717, 1.165) is 12.2 Å². The van der Waals surface area contributed by atoms with E-state index in [-0.39, 0.29) is 24.1 Å². The third kappa shape index (κ3) is 5.48. The Hall–Kier alpha value is -3.32. The largest absolute Gasteiger partial charge is 0.494 e. The van der Waals surface area contributed by atoms with E-state index < -0.39 is 0 Å². The second-order valence-electron chi connectivity index (χ2n) is 7.32. The summed E-state index contributed by atoms with van der Waals surface area (Å²) in [7, 11) is 1.60. The molecule has 2 aromatic carbocycles. The molecule has 0 saturated carbocycles. The number of imide groups is 1. The van der Waals surface area contributed by atoms with Crippen molar-refractivity contribution < 1.29 is 23.8 Å². The molecule has 0 bridgehead atoms. The predicted molar refractivity (Wildman–Crippen MR) is 124 cm³/mol. The van der Waals surface area contributed by atoms with Crippen LogP contribution >= 0.6 is 0 Å². The average molecular weight is 439 g/mol. The van der Waals surface area contributed by atoms with Gasteiger partial charge in [-0.3, -0.25) is 14.5 Å². The molecule has 0 fully saturated rings. The molecule has 0 radical (unpaired) electrons. The van der Waals surface area contributed by atoms with Gasteiger partial charge in [0.1, 0.15) is 17.2 Å². The van der Waals surface area contributed by atoms with Gasteiger partial charge in [-0.15, -0.1) is 0 Å². The van der Waals surface area contributed by atoms with E-state index in [1.807, 2.05) is 56.3 Å². The molecule has 0 atom stereocenters. The van der Waals surface area contributed by atoms with Crippen LogP contribution in [0.5, 0.6) is 11.5 Å². The van der Waals surface area contributed by atoms with E-state index in [0.29, 0.717) is 48.8 Å². The lowest BCUT2D eigenvalue weighted by atomic mass is 10.0. The van der Waals surface area contributed by atoms with Crippen molar-refractivity contribution in [1.82, 2.24) is 4.90 Å². The Bertz CT molecular complexity index is 969. The second kappa shape index (κ2) is 11.3. The molecule has 32 heavy (non-hydrogen) atoms. The van der Waals surface area contributed by atoms with E-state index in [1.54, 1.807) is 13.2 Å². The fourth-order valence-electron chi connectivity index (χ4n) is 3.44. The topological polar surface area (TPSA) is 77.1 Å². The molecule has 7 heteroatoms. The van der Waals surface area contributed by atoms with E-state index in [1.165, 1.54) is 4.90 Å². The Morgan fingerprint density at radius 1 is 0.906 bits per heavy atom. The van der Waals surface area contributed by atoms with Crippen LogP contribution in [0.2, 0.25) is 0 Å². The normalized spacial score (nSPS) is 13.7. The molecule has 1 heterocycles. The van der Waals surface area contributed by atoms with Gasteiger partial charge in [-0.05, 0) is 49.6 Å². The highest BCUT2D eigenvalue weighted by molar-refractivity contribution is 6.36. The molecule has 2 aromatic rings. The Morgan fingerprint density at radius 2 is 1.69 bits per heavy atom. The minimum Gasteiger partial charge on any atom is -0.494 e. The SMILES string of the molecule is CCCOc1ccc(C2=C(Nc3cccc(OCC)c3)C(=O)N(CCCOC)C2=O)cc1. The standard InChI is InChI=1S/C25H30N2O5/c1-4-15-32-20-12-10-18(11-13-20)22-23(25(29)27(24(22)28)14-7-16-30-3)26-19-8-6-9-21(17-19)31-5-2/h6,8-13,17,26H,4-5,7,14-16H2,1-3H3. The number of rotatable bonds is 12. The summed E-state index contributed by atoms with van der Waals surface area (Å²) < 4.78 is 16.3. The number of hydrogen-bond donors (Lipinski definition) is 1. The fourth-order valence-corrected chi connectivity index (χ4v) is 3.44. The van der Waals surface area contributed by atoms with Crippen molar-refractivity contribution in [3.8, 4) is 11.5 Å². The predicted octanol–water partition coefficient (Wildman–Crippen LogP) is 4.10. The van der Waals surface area contributed by atoms with Crippen molar-refractivity contribution in [3.05, 3.63) is 59.8 Å². The number of nitrogens with zero attached hydrogens (tertiary/aromatic N) is 1. The average Bonchev–Trinajstić information content (AvgIpc) is 3.03. The molecule has 0 aliphatic carbocycles. The number of nitrogens with one attached hydrogen (secondary N) is 1. The molecule has 0 unspecified atom stereocenters. The Morgan fingerprint density at radius 3 is 2.38 bits per heavy atom. The first-order valence-electron chi connectivity index (χ1n) is 10.9. The van der Waals surface area contributed by atoms with Gasteiger partial charge in [-0.1, -0.05) is 25.1 Å². The molecule has 2 amide bonds. The molecule has 0 saturated heterocycles. The summed E-state index contributed by atoms with van der Waals surface area (Å²) in [5.41, 5.74) is 1.93. The zero-order chi connectivity index (χ0) is 22.9. The summed E-state index contributed by atoms with van der Waals surface area (Å²) in [4.78, 5) is 27.7. The Balaban J connectivity index is 1.94. The number of benzene rings is 2. The molecule has 0 aromatic heterocycles. The van der Waals surface area contributed by atoms with Crippen LogP contribution in [0.4, 0.5) is 5.69 Å². The molecular weight excluding hydrogens is 408 g/mol. The lowest BCUT2D eigenvalue weighted by Crippen LogP contribution is -2.33. The quantitative estimate of drug-likeness (QED) is 0.397. The summed E-state index contributed by atoms with van der Waals surface area (Å²) in [6.07, 6.45) is 1.48. The van der Waals surface area contributed by atoms with Crippen LogP contribution in [0.3, 0.4) is 0 Å². The highest BCUT2D eigenvalue weighted by Gasteiger charge is 2.38. The maximum atomic E-state index is 13.2. The molecule has 1 aliphatic heterocycles. The zero-order valence-corrected chi connectivity index (χ0v) is 18.8. The highest BCUT2D eigenvalue weighted by Crippen LogP contribution is 2.32. The third-order valence-corrected chi connectivity index (χ3v) is 4.93. The smallest absolute Gasteiger partial charge is 0.278 e. The third-order valence-electron chi connectivity index (χ3n) is 4.93. The lowest BCUT2D eigenvalue weighted by molar-refractivity contribution is -0.136. The first-order chi connectivity index (χ1) is 15.6. The van der Waals surface area contributed by atoms with Gasteiger partial charge in [0, 0.05) is 32.0 Å². The maximum Gasteiger partial charge on any atom is 0.278 e. The van der Waals surface area contributed by atoms with Crippen LogP contribution in [0.25, 0.3) is 5.57 Å². The second-order valence-corrected chi connectivity index (χ2v) is 7.32. The van der Waals surface area contributed by atoms with E-state index in [2.05, 4.69) is 5.32 Å². The van der Waals surface area contributed by atoms with Gasteiger partial charge in [-0.2, -0.15) is 0 Å². The molecule has 3 rings (SSSR count). The van der Waals surface area contributed by atoms with Crippen molar-refractivity contribution in [2.24, 2.45) is 0 Å². The van der Waals surface area contributed by atoms with Gasteiger partial charge in [0.15, 0.2) is 0 Å². The molecule has 1 N–H and O–H groups in total. The van der Waals surface area contributed by atoms with Gasteiger partial charge in [0.25, 0.3) is 11.8 Å². The van der Waals surface area contributed by atoms with Gasteiger partial charge >= 0.3 is 0 Å². The van der Waals surface area contributed by atoms with Crippen molar-refractivity contribution >= 4 is 23.1 Å². The van der Waals surface area contributed by atoms with Crippen molar-refractivity contribution in [2.45, 2.75) is 26.7 Å². The van der Waals surface area contributed by atoms with Crippen LogP contribution in [0, 0.1) is 0 Å². The van der Waals surface area contributed by atoms with Crippen LogP contribution < -0.4 is 14.8 Å². The van der Waals surface area contributed by atoms with Crippen LogP contribution in [-0.2, 0) is 14.3 Å². The van der Waals surface area contributed by atoms with E-state index in [4.69, 9.17) is 14.2 Å². The summed E-state index contributed by atoms with van der Waals surface area (Å²) in [6, 6.07) is 14.6. The van der Waals surface area contributed by atoms with E-state index >= 15 is 0 Å². The Kier molecular flexibility index (Phi) is 8.27. The highest BCUT2D eigenvalue weighted by atomic mass is 16.5. The molecule has 7 nitrogen and oxygen atoms in total. The van der Waals surface area contributed by atoms with Crippen LogP contribution in [0.15, 0.2) is 54.2 Å². The van der Waals surface area contributed by atoms with Crippen molar-refractivity contribution in [3.63, 3.8) is 0 Å². The number of anilines is 1. The van der Waals surface area contributed by atoms with Gasteiger partial charge in [-0.25, -0.2) is 0 Å². The van der Waals surface area contributed by atoms with Gasteiger partial charge < -0.3 is 19.5 Å². The van der Waals surface area contributed by atoms with Crippen LogP contribution in [0.1, 0.15) is 32.3 Å². The monoisotopic (exact) mass is 438 g/mol. The summed E-state index contributed by atoms with van der Waals surface area (Å²) in [5, 5.41) is 3.16. The minimum absolute atomic E-state index is 0.253. The molecular formula is C25H30N2O5. The maximum absolute atomic E-state index is 13.2. The summed E-state index contributed by atoms with van der Waals surface area (Å²) in [6.45, 7) is 5.86. The Labute approximate surface area is 189 Å². The number of carbonyl (C=O) groups is 2. The summed E-state index contributed by atoms with van der Waals surface area (Å²) in [5.74, 6) is 0.737. The molecule has 170 valence electrons.